The molecule has 0 unspecified atom stereocenters. The maximum atomic E-state index is 14.8. The van der Waals surface area contributed by atoms with Crippen LogP contribution in [0.1, 0.15) is 31.9 Å². The molecule has 0 fully saturated rings. The number of hydrogen-bond acceptors (Lipinski definition) is 7. The Morgan fingerprint density at radius 3 is 1.96 bits per heavy atom. The van der Waals surface area contributed by atoms with E-state index >= 15 is 0 Å². The van der Waals surface area contributed by atoms with Crippen molar-refractivity contribution >= 4 is 27.5 Å². The first-order valence-electron chi connectivity index (χ1n) is 15.4. The third-order valence-electron chi connectivity index (χ3n) is 7.52. The molecule has 48 heavy (non-hydrogen) atoms. The first kappa shape index (κ1) is 35.8. The Morgan fingerprint density at radius 1 is 0.750 bits per heavy atom. The monoisotopic (exact) mass is 673 g/mol. The molecule has 0 aliphatic carbocycles. The average Bonchev–Trinajstić information content (AvgIpc) is 3.08. The Hall–Kier alpha value is -5.03. The number of nitrogens with one attached hydrogen (secondary N) is 1. The summed E-state index contributed by atoms with van der Waals surface area (Å²) in [5.74, 6) is 0.180. The van der Waals surface area contributed by atoms with E-state index in [2.05, 4.69) is 5.32 Å². The molecule has 11 heteroatoms. The second-order valence-electron chi connectivity index (χ2n) is 12.2. The molecule has 0 spiro atoms. The molecule has 0 heterocycles. The van der Waals surface area contributed by atoms with Gasteiger partial charge in [-0.15, -0.1) is 0 Å². The molecule has 4 rings (SSSR count). The van der Waals surface area contributed by atoms with Crippen LogP contribution in [0.4, 0.5) is 5.69 Å². The number of anilines is 1. The fourth-order valence-corrected chi connectivity index (χ4v) is 6.64. The number of methoxy groups -OCH3 is 3. The van der Waals surface area contributed by atoms with Crippen molar-refractivity contribution in [2.75, 3.05) is 32.2 Å². The van der Waals surface area contributed by atoms with Gasteiger partial charge in [-0.2, -0.15) is 0 Å². The zero-order valence-electron chi connectivity index (χ0n) is 28.2. The van der Waals surface area contributed by atoms with E-state index in [1.54, 1.807) is 55.6 Å². The molecule has 0 aliphatic rings. The minimum atomic E-state index is -4.33. The molecule has 4 aromatic carbocycles. The average molecular weight is 674 g/mol. The zero-order chi connectivity index (χ0) is 34.9. The predicted octanol–water partition coefficient (Wildman–Crippen LogP) is 5.46. The summed E-state index contributed by atoms with van der Waals surface area (Å²) in [6, 6.07) is 28.1. The van der Waals surface area contributed by atoms with E-state index in [4.69, 9.17) is 14.2 Å². The standard InChI is InChI=1S/C37H43N3O7S/c1-37(2,3)38-36(42)33(23-27-14-9-7-10-15-27)39(25-28-16-13-17-29(22-28)45-4)35(41)26-40(48(43,44)31-18-11-8-12-19-31)32-24-30(46-5)20-21-34(32)47-6/h7-22,24,33H,23,25-26H2,1-6H3,(H,38,42)/t33-/m0/s1. The van der Waals surface area contributed by atoms with Gasteiger partial charge in [0.15, 0.2) is 0 Å². The summed E-state index contributed by atoms with van der Waals surface area (Å²) in [7, 11) is 0.101. The minimum absolute atomic E-state index is 0.000430. The Bertz CT molecular complexity index is 1790. The van der Waals surface area contributed by atoms with Crippen molar-refractivity contribution in [3.63, 3.8) is 0 Å². The molecular weight excluding hydrogens is 630 g/mol. The number of sulfonamides is 1. The van der Waals surface area contributed by atoms with Gasteiger partial charge < -0.3 is 24.4 Å². The van der Waals surface area contributed by atoms with Crippen LogP contribution in [0.5, 0.6) is 17.2 Å². The largest absolute Gasteiger partial charge is 0.497 e. The van der Waals surface area contributed by atoms with E-state index in [1.807, 2.05) is 57.2 Å². The van der Waals surface area contributed by atoms with Crippen LogP contribution in [-0.2, 0) is 32.6 Å². The van der Waals surface area contributed by atoms with Crippen LogP contribution in [0.3, 0.4) is 0 Å². The van der Waals surface area contributed by atoms with Gasteiger partial charge in [-0.1, -0.05) is 60.7 Å². The summed E-state index contributed by atoms with van der Waals surface area (Å²) < 4.78 is 46.1. The number of carbonyl (C=O) groups is 2. The molecule has 0 bridgehead atoms. The van der Waals surface area contributed by atoms with Gasteiger partial charge in [0.05, 0.1) is 31.9 Å². The maximum Gasteiger partial charge on any atom is 0.264 e. The normalized spacial score (nSPS) is 12.0. The molecule has 0 saturated carbocycles. The quantitative estimate of drug-likeness (QED) is 0.189. The van der Waals surface area contributed by atoms with Gasteiger partial charge in [0, 0.05) is 24.6 Å². The number of amides is 2. The molecular formula is C37H43N3O7S. The fourth-order valence-electron chi connectivity index (χ4n) is 5.20. The summed E-state index contributed by atoms with van der Waals surface area (Å²) in [5.41, 5.74) is 1.03. The third kappa shape index (κ3) is 9.07. The van der Waals surface area contributed by atoms with E-state index < -0.39 is 34.1 Å². The van der Waals surface area contributed by atoms with Crippen molar-refractivity contribution < 1.29 is 32.2 Å². The Kier molecular flexibility index (Phi) is 11.7. The second kappa shape index (κ2) is 15.7. The highest BCUT2D eigenvalue weighted by Crippen LogP contribution is 2.36. The minimum Gasteiger partial charge on any atom is -0.497 e. The van der Waals surface area contributed by atoms with Crippen LogP contribution >= 0.6 is 0 Å². The first-order valence-corrected chi connectivity index (χ1v) is 16.9. The van der Waals surface area contributed by atoms with E-state index in [0.717, 1.165) is 9.87 Å². The van der Waals surface area contributed by atoms with Gasteiger partial charge in [0.1, 0.15) is 29.8 Å². The number of carbonyl (C=O) groups excluding carboxylic acids is 2. The molecule has 4 aromatic rings. The summed E-state index contributed by atoms with van der Waals surface area (Å²) in [4.78, 5) is 30.3. The van der Waals surface area contributed by atoms with Crippen molar-refractivity contribution in [2.24, 2.45) is 0 Å². The number of hydrogen-bond donors (Lipinski definition) is 1. The molecule has 0 aliphatic heterocycles. The Labute approximate surface area is 283 Å². The molecule has 1 atom stereocenters. The van der Waals surface area contributed by atoms with E-state index in [9.17, 15) is 18.0 Å². The van der Waals surface area contributed by atoms with Crippen LogP contribution in [0, 0.1) is 0 Å². The summed E-state index contributed by atoms with van der Waals surface area (Å²) in [5, 5.41) is 3.03. The Morgan fingerprint density at radius 2 is 1.35 bits per heavy atom. The molecule has 0 radical (unpaired) electrons. The smallest absolute Gasteiger partial charge is 0.264 e. The van der Waals surface area contributed by atoms with Gasteiger partial charge in [0.2, 0.25) is 11.8 Å². The number of benzene rings is 4. The van der Waals surface area contributed by atoms with Crippen LogP contribution in [-0.4, -0.2) is 64.6 Å². The van der Waals surface area contributed by atoms with Crippen molar-refractivity contribution in [2.45, 2.75) is 50.2 Å². The van der Waals surface area contributed by atoms with Gasteiger partial charge in [-0.25, -0.2) is 8.42 Å². The van der Waals surface area contributed by atoms with Crippen molar-refractivity contribution in [3.05, 3.63) is 114 Å². The van der Waals surface area contributed by atoms with E-state index in [0.29, 0.717) is 17.1 Å². The highest BCUT2D eigenvalue weighted by Gasteiger charge is 2.36. The van der Waals surface area contributed by atoms with Gasteiger partial charge in [-0.05, 0) is 68.3 Å². The zero-order valence-corrected chi connectivity index (χ0v) is 29.0. The number of ether oxygens (including phenoxy) is 3. The predicted molar refractivity (Wildman–Crippen MR) is 186 cm³/mol. The van der Waals surface area contributed by atoms with Gasteiger partial charge in [-0.3, -0.25) is 13.9 Å². The Balaban J connectivity index is 1.88. The molecule has 0 saturated heterocycles. The SMILES string of the molecule is COc1cccc(CN(C(=O)CN(c2cc(OC)ccc2OC)S(=O)(=O)c2ccccc2)[C@@H](Cc2ccccc2)C(=O)NC(C)(C)C)c1. The lowest BCUT2D eigenvalue weighted by molar-refractivity contribution is -0.140. The lowest BCUT2D eigenvalue weighted by atomic mass is 10.0. The van der Waals surface area contributed by atoms with Crippen molar-refractivity contribution in [1.82, 2.24) is 10.2 Å². The van der Waals surface area contributed by atoms with Crippen molar-refractivity contribution in [3.8, 4) is 17.2 Å². The second-order valence-corrected chi connectivity index (χ2v) is 14.0. The summed E-state index contributed by atoms with van der Waals surface area (Å²) >= 11 is 0. The molecule has 254 valence electrons. The highest BCUT2D eigenvalue weighted by molar-refractivity contribution is 7.92. The fraction of sp³-hybridized carbons (Fsp3) is 0.297. The first-order chi connectivity index (χ1) is 22.9. The highest BCUT2D eigenvalue weighted by atomic mass is 32.2. The van der Waals surface area contributed by atoms with Crippen LogP contribution in [0.2, 0.25) is 0 Å². The van der Waals surface area contributed by atoms with Gasteiger partial charge in [0.25, 0.3) is 10.0 Å². The number of rotatable bonds is 14. The van der Waals surface area contributed by atoms with Crippen LogP contribution < -0.4 is 23.8 Å². The van der Waals surface area contributed by atoms with Gasteiger partial charge >= 0.3 is 0 Å². The van der Waals surface area contributed by atoms with Crippen molar-refractivity contribution in [1.29, 1.82) is 0 Å². The lowest BCUT2D eigenvalue weighted by Gasteiger charge is -2.35. The topological polar surface area (TPSA) is 114 Å². The summed E-state index contributed by atoms with van der Waals surface area (Å²) in [6.45, 7) is 4.95. The van der Waals surface area contributed by atoms with Crippen LogP contribution in [0.25, 0.3) is 0 Å². The van der Waals surface area contributed by atoms with Crippen LogP contribution in [0.15, 0.2) is 108 Å². The van der Waals surface area contributed by atoms with E-state index in [1.165, 1.54) is 37.3 Å². The third-order valence-corrected chi connectivity index (χ3v) is 9.30. The van der Waals surface area contributed by atoms with E-state index in [-0.39, 0.29) is 35.2 Å². The summed E-state index contributed by atoms with van der Waals surface area (Å²) in [6.07, 6.45) is 0.187. The molecule has 10 nitrogen and oxygen atoms in total. The molecule has 1 N–H and O–H groups in total. The lowest BCUT2D eigenvalue weighted by Crippen LogP contribution is -2.56. The maximum absolute atomic E-state index is 14.8. The molecule has 0 aromatic heterocycles. The number of nitrogens with zero attached hydrogens (tertiary/aromatic N) is 2. The molecule has 2 amide bonds.